The van der Waals surface area contributed by atoms with Gasteiger partial charge in [0.2, 0.25) is 5.91 Å². The summed E-state index contributed by atoms with van der Waals surface area (Å²) in [5.74, 6) is 0.418. The van der Waals surface area contributed by atoms with Crippen LogP contribution < -0.4 is 5.32 Å². The molecule has 158 valence electrons. The molecule has 1 N–H and O–H groups in total. The Kier molecular flexibility index (Phi) is 6.18. The Morgan fingerprint density at radius 1 is 1.06 bits per heavy atom. The van der Waals surface area contributed by atoms with Crippen LogP contribution in [0.5, 0.6) is 0 Å². The number of nitrogens with zero attached hydrogens (tertiary/aromatic N) is 4. The largest absolute Gasteiger partial charge is 0.354 e. The highest BCUT2D eigenvalue weighted by Gasteiger charge is 2.17. The molecule has 8 heteroatoms. The van der Waals surface area contributed by atoms with Crippen molar-refractivity contribution in [3.8, 4) is 5.69 Å². The van der Waals surface area contributed by atoms with Gasteiger partial charge in [0, 0.05) is 36.7 Å². The van der Waals surface area contributed by atoms with Gasteiger partial charge in [-0.05, 0) is 55.5 Å². The number of benzene rings is 2. The van der Waals surface area contributed by atoms with E-state index >= 15 is 0 Å². The van der Waals surface area contributed by atoms with E-state index in [9.17, 15) is 9.18 Å². The molecule has 31 heavy (non-hydrogen) atoms. The molecule has 0 unspecified atom stereocenters. The van der Waals surface area contributed by atoms with Gasteiger partial charge in [-0.25, -0.2) is 4.39 Å². The lowest BCUT2D eigenvalue weighted by atomic mass is 10.2. The third-order valence-electron chi connectivity index (χ3n) is 4.84. The highest BCUT2D eigenvalue weighted by Crippen LogP contribution is 2.24. The third kappa shape index (κ3) is 5.03. The molecular weight excluding hydrogens is 413 g/mol. The summed E-state index contributed by atoms with van der Waals surface area (Å²) in [6.07, 6.45) is 2.62. The number of nitrogens with one attached hydrogen (secondary N) is 1. The number of thioether (sulfide) groups is 1. The van der Waals surface area contributed by atoms with E-state index < -0.39 is 0 Å². The van der Waals surface area contributed by atoms with Crippen LogP contribution in [0.2, 0.25) is 0 Å². The van der Waals surface area contributed by atoms with Gasteiger partial charge in [-0.3, -0.25) is 9.36 Å². The number of halogens is 1. The number of carbonyl (C=O) groups is 1. The summed E-state index contributed by atoms with van der Waals surface area (Å²) in [6, 6.07) is 17.9. The van der Waals surface area contributed by atoms with Crippen LogP contribution in [0.25, 0.3) is 5.69 Å². The number of rotatable bonds is 7. The number of aromatic nitrogens is 4. The smallest absolute Gasteiger partial charge is 0.234 e. The Hall–Kier alpha value is -3.39. The zero-order chi connectivity index (χ0) is 21.8. The van der Waals surface area contributed by atoms with Gasteiger partial charge in [-0.1, -0.05) is 29.5 Å². The minimum atomic E-state index is -0.343. The van der Waals surface area contributed by atoms with Crippen LogP contribution in [0.15, 0.2) is 72.0 Å². The maximum atomic E-state index is 13.1. The summed E-state index contributed by atoms with van der Waals surface area (Å²) < 4.78 is 17.1. The quantitative estimate of drug-likeness (QED) is 0.438. The summed E-state index contributed by atoms with van der Waals surface area (Å²) in [5.41, 5.74) is 3.78. The fraction of sp³-hybridized carbons (Fsp3) is 0.174. The van der Waals surface area contributed by atoms with Crippen molar-refractivity contribution in [1.82, 2.24) is 19.3 Å². The first-order chi connectivity index (χ1) is 15.0. The maximum absolute atomic E-state index is 13.1. The fourth-order valence-electron chi connectivity index (χ4n) is 3.16. The van der Waals surface area contributed by atoms with E-state index in [1.54, 1.807) is 0 Å². The molecule has 0 spiro atoms. The molecule has 0 radical (unpaired) electrons. The average Bonchev–Trinajstić information content (AvgIpc) is 3.35. The van der Waals surface area contributed by atoms with E-state index in [2.05, 4.69) is 26.1 Å². The monoisotopic (exact) mass is 435 g/mol. The molecule has 0 aliphatic carbocycles. The molecule has 4 rings (SSSR count). The van der Waals surface area contributed by atoms with Crippen LogP contribution >= 0.6 is 11.8 Å². The lowest BCUT2D eigenvalue weighted by Gasteiger charge is -2.11. The molecule has 4 aromatic rings. The predicted octanol–water partition coefficient (Wildman–Crippen LogP) is 4.37. The molecule has 2 heterocycles. The molecule has 0 saturated carbocycles. The lowest BCUT2D eigenvalue weighted by Crippen LogP contribution is -2.14. The number of anilines is 1. The van der Waals surface area contributed by atoms with Crippen LogP contribution in [0.1, 0.15) is 17.1 Å². The molecule has 2 aromatic carbocycles. The predicted molar refractivity (Wildman–Crippen MR) is 120 cm³/mol. The van der Waals surface area contributed by atoms with E-state index in [0.29, 0.717) is 17.3 Å². The van der Waals surface area contributed by atoms with Gasteiger partial charge < -0.3 is 9.88 Å². The van der Waals surface area contributed by atoms with Gasteiger partial charge in [0.25, 0.3) is 0 Å². The molecule has 6 nitrogen and oxygen atoms in total. The highest BCUT2D eigenvalue weighted by atomic mass is 32.2. The third-order valence-corrected chi connectivity index (χ3v) is 5.77. The zero-order valence-corrected chi connectivity index (χ0v) is 18.1. The van der Waals surface area contributed by atoms with Crippen LogP contribution in [-0.2, 0) is 18.3 Å². The van der Waals surface area contributed by atoms with Gasteiger partial charge in [-0.15, -0.1) is 10.2 Å². The minimum Gasteiger partial charge on any atom is -0.354 e. The van der Waals surface area contributed by atoms with Crippen LogP contribution in [0.3, 0.4) is 0 Å². The van der Waals surface area contributed by atoms with Gasteiger partial charge >= 0.3 is 0 Å². The molecule has 1 amide bonds. The zero-order valence-electron chi connectivity index (χ0n) is 17.2. The van der Waals surface area contributed by atoms with E-state index in [1.807, 2.05) is 55.1 Å². The van der Waals surface area contributed by atoms with E-state index in [1.165, 1.54) is 36.0 Å². The Labute approximate surface area is 184 Å². The average molecular weight is 436 g/mol. The molecule has 0 aliphatic heterocycles. The van der Waals surface area contributed by atoms with Gasteiger partial charge in [0.15, 0.2) is 5.16 Å². The number of amides is 1. The summed E-state index contributed by atoms with van der Waals surface area (Å²) in [6.45, 7) is 2.04. The number of hydrogen-bond acceptors (Lipinski definition) is 4. The van der Waals surface area contributed by atoms with Crippen molar-refractivity contribution >= 4 is 23.4 Å². The first-order valence-electron chi connectivity index (χ1n) is 9.79. The molecule has 0 atom stereocenters. The highest BCUT2D eigenvalue weighted by molar-refractivity contribution is 7.99. The summed E-state index contributed by atoms with van der Waals surface area (Å²) in [5, 5.41) is 12.2. The van der Waals surface area contributed by atoms with Crippen molar-refractivity contribution in [2.75, 3.05) is 11.1 Å². The SMILES string of the molecule is Cc1ccc(-n2c(Cc3cccn3C)nnc2SCC(=O)Nc2ccc(F)cc2)cc1. The van der Waals surface area contributed by atoms with Gasteiger partial charge in [-0.2, -0.15) is 0 Å². The van der Waals surface area contributed by atoms with Gasteiger partial charge in [0.1, 0.15) is 11.6 Å². The van der Waals surface area contributed by atoms with Crippen LogP contribution in [0.4, 0.5) is 10.1 Å². The standard InChI is InChI=1S/C23H22FN5OS/c1-16-5-11-19(12-6-16)29-21(14-20-4-3-13-28(20)2)26-27-23(29)31-15-22(30)25-18-9-7-17(24)8-10-18/h3-13H,14-15H2,1-2H3,(H,25,30). The second kappa shape index (κ2) is 9.18. The Morgan fingerprint density at radius 3 is 2.48 bits per heavy atom. The Balaban J connectivity index is 1.55. The van der Waals surface area contributed by atoms with E-state index in [0.717, 1.165) is 22.8 Å². The normalized spacial score (nSPS) is 10.9. The van der Waals surface area contributed by atoms with Crippen molar-refractivity contribution < 1.29 is 9.18 Å². The Bertz CT molecular complexity index is 1180. The molecule has 0 bridgehead atoms. The van der Waals surface area contributed by atoms with Crippen LogP contribution in [-0.4, -0.2) is 31.0 Å². The molecule has 0 saturated heterocycles. The van der Waals surface area contributed by atoms with Crippen molar-refractivity contribution in [3.63, 3.8) is 0 Å². The molecule has 2 aromatic heterocycles. The van der Waals surface area contributed by atoms with Crippen molar-refractivity contribution in [1.29, 1.82) is 0 Å². The number of aryl methyl sites for hydroxylation is 2. The number of hydrogen-bond donors (Lipinski definition) is 1. The maximum Gasteiger partial charge on any atom is 0.234 e. The molecule has 0 aliphatic rings. The summed E-state index contributed by atoms with van der Waals surface area (Å²) in [7, 11) is 2.00. The first-order valence-corrected chi connectivity index (χ1v) is 10.8. The van der Waals surface area contributed by atoms with Gasteiger partial charge in [0.05, 0.1) is 5.75 Å². The van der Waals surface area contributed by atoms with Crippen molar-refractivity contribution in [2.24, 2.45) is 7.05 Å². The van der Waals surface area contributed by atoms with E-state index in [4.69, 9.17) is 0 Å². The summed E-state index contributed by atoms with van der Waals surface area (Å²) in [4.78, 5) is 12.4. The second-order valence-corrected chi connectivity index (χ2v) is 8.14. The fourth-order valence-corrected chi connectivity index (χ4v) is 3.93. The van der Waals surface area contributed by atoms with Crippen LogP contribution in [0, 0.1) is 12.7 Å². The summed E-state index contributed by atoms with van der Waals surface area (Å²) >= 11 is 1.31. The van der Waals surface area contributed by atoms with Crippen molar-refractivity contribution in [3.05, 3.63) is 89.8 Å². The molecule has 0 fully saturated rings. The minimum absolute atomic E-state index is 0.158. The first kappa shape index (κ1) is 20.9. The molecular formula is C23H22FN5OS. The van der Waals surface area contributed by atoms with Crippen molar-refractivity contribution in [2.45, 2.75) is 18.5 Å². The second-order valence-electron chi connectivity index (χ2n) is 7.20. The van der Waals surface area contributed by atoms with E-state index in [-0.39, 0.29) is 17.5 Å². The number of carbonyl (C=O) groups excluding carboxylic acids is 1. The topological polar surface area (TPSA) is 64.7 Å². The Morgan fingerprint density at radius 2 is 1.81 bits per heavy atom. The lowest BCUT2D eigenvalue weighted by molar-refractivity contribution is -0.113.